The monoisotopic (exact) mass is 474 g/mol. The van der Waals surface area contributed by atoms with E-state index in [-0.39, 0.29) is 17.5 Å². The number of nitriles is 1. The van der Waals surface area contributed by atoms with Gasteiger partial charge in [0.05, 0.1) is 23.4 Å². The fourth-order valence-corrected chi connectivity index (χ4v) is 5.38. The summed E-state index contributed by atoms with van der Waals surface area (Å²) in [4.78, 5) is 10.4. The second-order valence-corrected chi connectivity index (χ2v) is 9.64. The van der Waals surface area contributed by atoms with E-state index in [1.165, 1.54) is 23.7 Å². The minimum Gasteiger partial charge on any atom is -0.861 e. The predicted octanol–water partition coefficient (Wildman–Crippen LogP) is 2.81. The Morgan fingerprint density at radius 3 is 2.88 bits per heavy atom. The summed E-state index contributed by atoms with van der Waals surface area (Å²) in [5, 5.41) is 28.8. The average Bonchev–Trinajstić information content (AvgIpc) is 3.36. The van der Waals surface area contributed by atoms with Gasteiger partial charge < -0.3 is 5.11 Å². The fourth-order valence-electron chi connectivity index (χ4n) is 4.62. The quantitative estimate of drug-likeness (QED) is 0.234. The number of pyridine rings is 1. The second-order valence-electron chi connectivity index (χ2n) is 8.68. The van der Waals surface area contributed by atoms with E-state index >= 15 is 0 Å². The normalized spacial score (nSPS) is 18.4. The lowest BCUT2D eigenvalue weighted by molar-refractivity contribution is -0.759. The molecule has 0 saturated carbocycles. The number of hydrogen-bond acceptors (Lipinski definition) is 8. The third-order valence-corrected chi connectivity index (χ3v) is 7.35. The molecular formula is C25H26N6O2S. The van der Waals surface area contributed by atoms with Gasteiger partial charge in [-0.3, -0.25) is 4.52 Å². The van der Waals surface area contributed by atoms with Gasteiger partial charge in [0.2, 0.25) is 5.27 Å². The lowest BCUT2D eigenvalue weighted by Gasteiger charge is -2.25. The van der Waals surface area contributed by atoms with Crippen LogP contribution in [0.4, 0.5) is 5.88 Å². The van der Waals surface area contributed by atoms with E-state index in [1.54, 1.807) is 11.0 Å². The fraction of sp³-hybridized carbons (Fsp3) is 0.400. The molecule has 3 heterocycles. The molecule has 174 valence electrons. The first kappa shape index (κ1) is 22.4. The van der Waals surface area contributed by atoms with Crippen LogP contribution < -0.4 is 14.9 Å². The van der Waals surface area contributed by atoms with Crippen LogP contribution in [-0.4, -0.2) is 35.0 Å². The van der Waals surface area contributed by atoms with Crippen molar-refractivity contribution in [2.24, 2.45) is 4.99 Å². The Balaban J connectivity index is 1.25. The van der Waals surface area contributed by atoms with Crippen LogP contribution in [0, 0.1) is 11.3 Å². The third-order valence-electron chi connectivity index (χ3n) is 6.38. The first-order chi connectivity index (χ1) is 16.7. The molecule has 1 unspecified atom stereocenters. The molecule has 34 heavy (non-hydrogen) atoms. The zero-order chi connectivity index (χ0) is 23.3. The van der Waals surface area contributed by atoms with Gasteiger partial charge in [-0.15, -0.1) is 0 Å². The van der Waals surface area contributed by atoms with E-state index in [2.05, 4.69) is 45.6 Å². The Hall–Kier alpha value is -3.38. The summed E-state index contributed by atoms with van der Waals surface area (Å²) < 4.78 is 5.21. The highest BCUT2D eigenvalue weighted by Crippen LogP contribution is 2.34. The van der Waals surface area contributed by atoms with Crippen LogP contribution >= 0.6 is 11.8 Å². The van der Waals surface area contributed by atoms with E-state index < -0.39 is 0 Å². The maximum absolute atomic E-state index is 12.5. The Morgan fingerprint density at radius 2 is 2.09 bits per heavy atom. The Bertz CT molecular complexity index is 1210. The number of thioether (sulfide) groups is 1. The minimum atomic E-state index is -0.348. The minimum absolute atomic E-state index is 0.0809. The molecule has 0 bridgehead atoms. The van der Waals surface area contributed by atoms with Gasteiger partial charge in [0, 0.05) is 11.4 Å². The van der Waals surface area contributed by atoms with Crippen LogP contribution in [0.2, 0.25) is 0 Å². The highest BCUT2D eigenvalue weighted by molar-refractivity contribution is 7.99. The summed E-state index contributed by atoms with van der Waals surface area (Å²) in [5.74, 6) is 0.356. The highest BCUT2D eigenvalue weighted by atomic mass is 32.2. The molecule has 2 aromatic heterocycles. The lowest BCUT2D eigenvalue weighted by atomic mass is 9.82. The number of piperidine rings is 1. The number of aromatic nitrogens is 3. The van der Waals surface area contributed by atoms with Crippen molar-refractivity contribution in [1.82, 2.24) is 10.3 Å². The number of benzene rings is 1. The Kier molecular flexibility index (Phi) is 6.77. The molecule has 1 aliphatic heterocycles. The first-order valence-corrected chi connectivity index (χ1v) is 12.7. The molecule has 0 radical (unpaired) electrons. The van der Waals surface area contributed by atoms with Gasteiger partial charge in [0.1, 0.15) is 11.1 Å². The van der Waals surface area contributed by atoms with E-state index in [0.717, 1.165) is 56.5 Å². The molecule has 5 rings (SSSR count). The van der Waals surface area contributed by atoms with Crippen LogP contribution in [0.15, 0.2) is 57.1 Å². The Labute approximate surface area is 202 Å². The lowest BCUT2D eigenvalue weighted by Crippen LogP contribution is -2.60. The largest absolute Gasteiger partial charge is 0.861 e. The molecule has 1 fully saturated rings. The summed E-state index contributed by atoms with van der Waals surface area (Å²) in [5.41, 5.74) is 3.98. The van der Waals surface area contributed by atoms with Crippen molar-refractivity contribution >= 4 is 23.5 Å². The molecule has 2 aliphatic rings. The SMILES string of the molecule is N#Cc1cc2c(nc1SC/C([O-])=N/c1c[n+](N3CCCCC3)no1)CCC(c1ccccc1)C2. The summed E-state index contributed by atoms with van der Waals surface area (Å²) in [6, 6.07) is 14.7. The van der Waals surface area contributed by atoms with Crippen LogP contribution in [0.5, 0.6) is 0 Å². The van der Waals surface area contributed by atoms with E-state index in [9.17, 15) is 10.4 Å². The molecular weight excluding hydrogens is 448 g/mol. The van der Waals surface area contributed by atoms with Crippen molar-refractivity contribution in [3.05, 3.63) is 65.0 Å². The van der Waals surface area contributed by atoms with Gasteiger partial charge >= 0.3 is 5.88 Å². The molecule has 9 heteroatoms. The van der Waals surface area contributed by atoms with Gasteiger partial charge in [-0.1, -0.05) is 42.1 Å². The molecule has 1 aliphatic carbocycles. The molecule has 0 amide bonds. The summed E-state index contributed by atoms with van der Waals surface area (Å²) in [6.07, 6.45) is 7.85. The second kappa shape index (κ2) is 10.3. The molecule has 1 aromatic carbocycles. The van der Waals surface area contributed by atoms with Crippen LogP contribution in [0.3, 0.4) is 0 Å². The predicted molar refractivity (Wildman–Crippen MR) is 126 cm³/mol. The number of hydrogen-bond donors (Lipinski definition) is 0. The van der Waals surface area contributed by atoms with Crippen molar-refractivity contribution in [2.75, 3.05) is 23.9 Å². The number of nitrogens with zero attached hydrogens (tertiary/aromatic N) is 6. The summed E-state index contributed by atoms with van der Waals surface area (Å²) >= 11 is 1.25. The zero-order valence-electron chi connectivity index (χ0n) is 18.9. The van der Waals surface area contributed by atoms with Gasteiger partial charge in [0.15, 0.2) is 0 Å². The van der Waals surface area contributed by atoms with Crippen LogP contribution in [0.25, 0.3) is 0 Å². The van der Waals surface area contributed by atoms with Gasteiger partial charge in [-0.25, -0.2) is 9.98 Å². The third kappa shape index (κ3) is 5.07. The number of aliphatic imine (C=N–C) groups is 1. The molecule has 3 aromatic rings. The molecule has 0 N–H and O–H groups in total. The van der Waals surface area contributed by atoms with Crippen molar-refractivity contribution in [3.8, 4) is 6.07 Å². The highest BCUT2D eigenvalue weighted by Gasteiger charge is 2.24. The van der Waals surface area contributed by atoms with Crippen LogP contribution in [-0.2, 0) is 12.8 Å². The van der Waals surface area contributed by atoms with Gasteiger partial charge in [0.25, 0.3) is 6.20 Å². The van der Waals surface area contributed by atoms with Gasteiger partial charge in [-0.2, -0.15) is 10.3 Å². The summed E-state index contributed by atoms with van der Waals surface area (Å²) in [6.45, 7) is 1.82. The first-order valence-electron chi connectivity index (χ1n) is 11.7. The van der Waals surface area contributed by atoms with Crippen molar-refractivity contribution in [3.63, 3.8) is 0 Å². The van der Waals surface area contributed by atoms with Gasteiger partial charge in [-0.05, 0) is 67.5 Å². The summed E-state index contributed by atoms with van der Waals surface area (Å²) in [7, 11) is 0. The maximum Gasteiger partial charge on any atom is 0.324 e. The van der Waals surface area contributed by atoms with E-state index in [4.69, 9.17) is 9.51 Å². The van der Waals surface area contributed by atoms with Crippen molar-refractivity contribution < 1.29 is 14.4 Å². The molecule has 1 saturated heterocycles. The van der Waals surface area contributed by atoms with E-state index in [1.807, 2.05) is 12.1 Å². The average molecular weight is 475 g/mol. The number of fused-ring (bicyclic) bond motifs is 1. The van der Waals surface area contributed by atoms with E-state index in [0.29, 0.717) is 16.5 Å². The Morgan fingerprint density at radius 1 is 1.26 bits per heavy atom. The topological polar surface area (TPSA) is 105 Å². The molecule has 1 atom stereocenters. The zero-order valence-corrected chi connectivity index (χ0v) is 19.7. The smallest absolute Gasteiger partial charge is 0.324 e. The van der Waals surface area contributed by atoms with Crippen LogP contribution in [0.1, 0.15) is 54.0 Å². The molecule has 0 spiro atoms. The number of aryl methyl sites for hydroxylation is 1. The molecule has 8 nitrogen and oxygen atoms in total. The number of rotatable bonds is 6. The van der Waals surface area contributed by atoms with Crippen molar-refractivity contribution in [2.45, 2.75) is 49.5 Å². The van der Waals surface area contributed by atoms with Crippen molar-refractivity contribution in [1.29, 1.82) is 5.26 Å². The maximum atomic E-state index is 12.5. The standard InChI is InChI=1S/C25H26N6O2S/c26-15-21-14-20-13-19(18-7-3-1-4-8-18)9-10-22(20)27-25(21)34-17-23(32)28-24-16-31(29-33-24)30-11-5-2-6-12-30/h1,3-4,7-8,14,16,19H,2,5-6,9-13,17H2.